The summed E-state index contributed by atoms with van der Waals surface area (Å²) in [5, 5.41) is 5.40. The van der Waals surface area contributed by atoms with Gasteiger partial charge in [-0.15, -0.1) is 0 Å². The molecule has 2 amide bonds. The monoisotopic (exact) mass is 264 g/mol. The Bertz CT molecular complexity index is 393. The lowest BCUT2D eigenvalue weighted by Gasteiger charge is -2.07. The molecule has 1 aromatic rings. The minimum atomic E-state index is -0.0818. The second-order valence-corrected chi connectivity index (χ2v) is 3.96. The smallest absolute Gasteiger partial charge is 0.223 e. The van der Waals surface area contributed by atoms with E-state index in [9.17, 15) is 9.59 Å². The fourth-order valence-corrected chi connectivity index (χ4v) is 1.40. The molecule has 104 valence electrons. The standard InChI is InChI=1S/C14H20N2O3/c1-2-13(17)15-9-10-16-14(18)8-11-19-12-6-4-3-5-7-12/h3-7H,2,8-11H2,1H3,(H,15,17)(H,16,18). The molecule has 0 aliphatic heterocycles. The van der Waals surface area contributed by atoms with Gasteiger partial charge in [0.15, 0.2) is 0 Å². The van der Waals surface area contributed by atoms with Crippen LogP contribution < -0.4 is 15.4 Å². The predicted octanol–water partition coefficient (Wildman–Crippen LogP) is 1.10. The molecule has 1 rings (SSSR count). The van der Waals surface area contributed by atoms with Gasteiger partial charge in [-0.3, -0.25) is 9.59 Å². The Labute approximate surface area is 113 Å². The number of para-hydroxylation sites is 1. The number of rotatable bonds is 8. The van der Waals surface area contributed by atoms with Crippen LogP contribution in [0.3, 0.4) is 0 Å². The summed E-state index contributed by atoms with van der Waals surface area (Å²) >= 11 is 0. The summed E-state index contributed by atoms with van der Waals surface area (Å²) in [5.74, 6) is 0.661. The maximum atomic E-state index is 11.4. The van der Waals surface area contributed by atoms with E-state index in [2.05, 4.69) is 10.6 Å². The lowest BCUT2D eigenvalue weighted by molar-refractivity contribution is -0.123. The molecule has 1 aromatic carbocycles. The van der Waals surface area contributed by atoms with Crippen LogP contribution in [0.25, 0.3) is 0 Å². The Morgan fingerprint density at radius 3 is 2.32 bits per heavy atom. The summed E-state index contributed by atoms with van der Waals surface area (Å²) in [5.41, 5.74) is 0. The lowest BCUT2D eigenvalue weighted by Crippen LogP contribution is -2.34. The number of carbonyl (C=O) groups excluding carboxylic acids is 2. The van der Waals surface area contributed by atoms with Crippen LogP contribution >= 0.6 is 0 Å². The molecule has 0 saturated heterocycles. The minimum Gasteiger partial charge on any atom is -0.493 e. The van der Waals surface area contributed by atoms with E-state index in [0.717, 1.165) is 5.75 Å². The molecule has 19 heavy (non-hydrogen) atoms. The molecule has 5 nitrogen and oxygen atoms in total. The number of hydrogen-bond acceptors (Lipinski definition) is 3. The largest absolute Gasteiger partial charge is 0.493 e. The van der Waals surface area contributed by atoms with E-state index in [-0.39, 0.29) is 11.8 Å². The zero-order valence-electron chi connectivity index (χ0n) is 11.1. The highest BCUT2D eigenvalue weighted by molar-refractivity contribution is 5.76. The predicted molar refractivity (Wildman–Crippen MR) is 72.9 cm³/mol. The summed E-state index contributed by atoms with van der Waals surface area (Å²) in [6.07, 6.45) is 0.759. The van der Waals surface area contributed by atoms with Gasteiger partial charge in [-0.25, -0.2) is 0 Å². The van der Waals surface area contributed by atoms with Gasteiger partial charge in [-0.05, 0) is 12.1 Å². The van der Waals surface area contributed by atoms with Gasteiger partial charge in [0.05, 0.1) is 13.0 Å². The van der Waals surface area contributed by atoms with Crippen molar-refractivity contribution >= 4 is 11.8 Å². The lowest BCUT2D eigenvalue weighted by atomic mass is 10.3. The van der Waals surface area contributed by atoms with E-state index in [1.165, 1.54) is 0 Å². The molecular weight excluding hydrogens is 244 g/mol. The SMILES string of the molecule is CCC(=O)NCCNC(=O)CCOc1ccccc1. The number of ether oxygens (including phenoxy) is 1. The summed E-state index contributed by atoms with van der Waals surface area (Å²) in [6, 6.07) is 9.36. The molecule has 0 fully saturated rings. The Morgan fingerprint density at radius 2 is 1.68 bits per heavy atom. The van der Waals surface area contributed by atoms with Crippen LogP contribution in [0.5, 0.6) is 5.75 Å². The first-order chi connectivity index (χ1) is 9.22. The van der Waals surface area contributed by atoms with Crippen molar-refractivity contribution in [2.45, 2.75) is 19.8 Å². The quantitative estimate of drug-likeness (QED) is 0.691. The van der Waals surface area contributed by atoms with Gasteiger partial charge in [0, 0.05) is 19.5 Å². The van der Waals surface area contributed by atoms with E-state index in [0.29, 0.717) is 32.5 Å². The van der Waals surface area contributed by atoms with E-state index < -0.39 is 0 Å². The Balaban J connectivity index is 2.04. The van der Waals surface area contributed by atoms with Crippen molar-refractivity contribution in [3.05, 3.63) is 30.3 Å². The maximum absolute atomic E-state index is 11.4. The molecule has 0 saturated carbocycles. The molecule has 0 bridgehead atoms. The first-order valence-electron chi connectivity index (χ1n) is 6.43. The second kappa shape index (κ2) is 8.97. The van der Waals surface area contributed by atoms with Crippen molar-refractivity contribution in [2.24, 2.45) is 0 Å². The molecule has 0 unspecified atom stereocenters. The van der Waals surface area contributed by atoms with Crippen LogP contribution in [0.1, 0.15) is 19.8 Å². The minimum absolute atomic E-state index is 0.0124. The highest BCUT2D eigenvalue weighted by Crippen LogP contribution is 2.08. The average molecular weight is 264 g/mol. The summed E-state index contributed by atoms with van der Waals surface area (Å²) in [7, 11) is 0. The molecule has 0 heterocycles. The van der Waals surface area contributed by atoms with Crippen molar-refractivity contribution in [1.82, 2.24) is 10.6 Å². The number of nitrogens with one attached hydrogen (secondary N) is 2. The highest BCUT2D eigenvalue weighted by Gasteiger charge is 2.01. The Hall–Kier alpha value is -2.04. The topological polar surface area (TPSA) is 67.4 Å². The van der Waals surface area contributed by atoms with E-state index >= 15 is 0 Å². The van der Waals surface area contributed by atoms with E-state index in [1.54, 1.807) is 6.92 Å². The van der Waals surface area contributed by atoms with Crippen LogP contribution in [-0.2, 0) is 9.59 Å². The van der Waals surface area contributed by atoms with Gasteiger partial charge in [-0.1, -0.05) is 25.1 Å². The molecular formula is C14H20N2O3. The average Bonchev–Trinajstić information content (AvgIpc) is 2.44. The second-order valence-electron chi connectivity index (χ2n) is 3.96. The molecule has 5 heteroatoms. The van der Waals surface area contributed by atoms with Crippen LogP contribution in [-0.4, -0.2) is 31.5 Å². The zero-order chi connectivity index (χ0) is 13.9. The summed E-state index contributed by atoms with van der Waals surface area (Å²) in [4.78, 5) is 22.4. The third kappa shape index (κ3) is 7.08. The number of hydrogen-bond donors (Lipinski definition) is 2. The summed E-state index contributed by atoms with van der Waals surface area (Å²) < 4.78 is 5.41. The molecule has 0 radical (unpaired) electrons. The van der Waals surface area contributed by atoms with Crippen LogP contribution in [0, 0.1) is 0 Å². The molecule has 0 atom stereocenters. The van der Waals surface area contributed by atoms with Gasteiger partial charge in [0.1, 0.15) is 5.75 Å². The molecule has 0 spiro atoms. The zero-order valence-corrected chi connectivity index (χ0v) is 11.1. The van der Waals surface area contributed by atoms with Gasteiger partial charge in [0.25, 0.3) is 0 Å². The first-order valence-corrected chi connectivity index (χ1v) is 6.43. The Kier molecular flexibility index (Phi) is 7.09. The number of carbonyl (C=O) groups is 2. The normalized spacial score (nSPS) is 9.74. The highest BCUT2D eigenvalue weighted by atomic mass is 16.5. The van der Waals surface area contributed by atoms with Crippen LogP contribution in [0.4, 0.5) is 0 Å². The molecule has 2 N–H and O–H groups in total. The van der Waals surface area contributed by atoms with E-state index in [4.69, 9.17) is 4.74 Å². The van der Waals surface area contributed by atoms with Gasteiger partial charge in [0.2, 0.25) is 11.8 Å². The van der Waals surface area contributed by atoms with Crippen molar-refractivity contribution < 1.29 is 14.3 Å². The van der Waals surface area contributed by atoms with Crippen molar-refractivity contribution in [2.75, 3.05) is 19.7 Å². The fraction of sp³-hybridized carbons (Fsp3) is 0.429. The van der Waals surface area contributed by atoms with Crippen molar-refractivity contribution in [3.8, 4) is 5.75 Å². The fourth-order valence-electron chi connectivity index (χ4n) is 1.40. The molecule has 0 aliphatic rings. The van der Waals surface area contributed by atoms with Crippen LogP contribution in [0.15, 0.2) is 30.3 Å². The van der Waals surface area contributed by atoms with E-state index in [1.807, 2.05) is 30.3 Å². The maximum Gasteiger partial charge on any atom is 0.223 e. The first kappa shape index (κ1) is 15.0. The third-order valence-electron chi connectivity index (χ3n) is 2.43. The third-order valence-corrected chi connectivity index (χ3v) is 2.43. The van der Waals surface area contributed by atoms with Gasteiger partial charge >= 0.3 is 0 Å². The molecule has 0 aliphatic carbocycles. The van der Waals surface area contributed by atoms with Crippen LogP contribution in [0.2, 0.25) is 0 Å². The van der Waals surface area contributed by atoms with Crippen molar-refractivity contribution in [3.63, 3.8) is 0 Å². The van der Waals surface area contributed by atoms with Gasteiger partial charge < -0.3 is 15.4 Å². The Morgan fingerprint density at radius 1 is 1.05 bits per heavy atom. The summed E-state index contributed by atoms with van der Waals surface area (Å²) in [6.45, 7) is 3.03. The van der Waals surface area contributed by atoms with Crippen molar-refractivity contribution in [1.29, 1.82) is 0 Å². The number of benzene rings is 1. The van der Waals surface area contributed by atoms with Gasteiger partial charge in [-0.2, -0.15) is 0 Å². The number of amides is 2. The molecule has 0 aromatic heterocycles.